The first-order valence-corrected chi connectivity index (χ1v) is 10.5. The molecule has 1 aromatic heterocycles. The van der Waals surface area contributed by atoms with E-state index in [0.717, 1.165) is 11.4 Å². The third kappa shape index (κ3) is 5.09. The van der Waals surface area contributed by atoms with Gasteiger partial charge in [0.25, 0.3) is 0 Å². The molecule has 28 heavy (non-hydrogen) atoms. The predicted molar refractivity (Wildman–Crippen MR) is 107 cm³/mol. The van der Waals surface area contributed by atoms with Crippen molar-refractivity contribution in [1.29, 1.82) is 0 Å². The molecule has 0 aliphatic rings. The lowest BCUT2D eigenvalue weighted by Crippen LogP contribution is -2.26. The topological polar surface area (TPSA) is 97.0 Å². The number of halogens is 1. The molecule has 3 aromatic rings. The van der Waals surface area contributed by atoms with Crippen LogP contribution in [0.1, 0.15) is 22.8 Å². The van der Waals surface area contributed by atoms with E-state index in [1.165, 1.54) is 24.8 Å². The van der Waals surface area contributed by atoms with E-state index in [0.29, 0.717) is 23.7 Å². The molecule has 0 saturated carbocycles. The van der Waals surface area contributed by atoms with Crippen molar-refractivity contribution < 1.29 is 13.2 Å². The van der Waals surface area contributed by atoms with Gasteiger partial charge in [-0.3, -0.25) is 5.10 Å². The Kier molecular flexibility index (Phi) is 6.33. The van der Waals surface area contributed by atoms with Gasteiger partial charge in [0.05, 0.1) is 7.11 Å². The second kappa shape index (κ2) is 8.72. The van der Waals surface area contributed by atoms with Crippen LogP contribution >= 0.6 is 11.6 Å². The van der Waals surface area contributed by atoms with Gasteiger partial charge in [0.1, 0.15) is 16.5 Å². The van der Waals surface area contributed by atoms with Crippen LogP contribution in [0.3, 0.4) is 0 Å². The number of ether oxygens (including phenoxy) is 1. The molecule has 148 valence electrons. The van der Waals surface area contributed by atoms with Crippen LogP contribution in [0, 0.1) is 6.92 Å². The Bertz CT molecular complexity index is 1050. The third-order valence-electron chi connectivity index (χ3n) is 4.13. The summed E-state index contributed by atoms with van der Waals surface area (Å²) in [7, 11) is -2.36. The second-order valence-corrected chi connectivity index (χ2v) is 8.48. The smallest absolute Gasteiger partial charge is 0.244 e. The molecule has 0 saturated heterocycles. The average molecular weight is 421 g/mol. The van der Waals surface area contributed by atoms with Crippen molar-refractivity contribution in [3.8, 4) is 5.75 Å². The number of aromatic nitrogens is 3. The minimum absolute atomic E-state index is 0.00227. The van der Waals surface area contributed by atoms with Crippen LogP contribution in [0.4, 0.5) is 0 Å². The summed E-state index contributed by atoms with van der Waals surface area (Å²) in [5.41, 5.74) is 2.33. The average Bonchev–Trinajstić information content (AvgIpc) is 3.10. The number of methoxy groups -OCH3 is 1. The zero-order valence-electron chi connectivity index (χ0n) is 15.6. The zero-order chi connectivity index (χ0) is 20.1. The molecule has 1 heterocycles. The Hall–Kier alpha value is -2.42. The highest BCUT2D eigenvalue weighted by atomic mass is 35.5. The van der Waals surface area contributed by atoms with E-state index in [2.05, 4.69) is 19.9 Å². The van der Waals surface area contributed by atoms with E-state index < -0.39 is 10.0 Å². The van der Waals surface area contributed by atoms with Gasteiger partial charge >= 0.3 is 0 Å². The van der Waals surface area contributed by atoms with Crippen molar-refractivity contribution in [2.24, 2.45) is 0 Å². The summed E-state index contributed by atoms with van der Waals surface area (Å²) in [6.45, 7) is 2.19. The van der Waals surface area contributed by atoms with Crippen LogP contribution in [-0.4, -0.2) is 37.3 Å². The van der Waals surface area contributed by atoms with Crippen LogP contribution in [0.25, 0.3) is 0 Å². The van der Waals surface area contributed by atoms with E-state index in [9.17, 15) is 8.42 Å². The van der Waals surface area contributed by atoms with Gasteiger partial charge in [-0.15, -0.1) is 0 Å². The number of sulfonamides is 1. The minimum Gasteiger partial charge on any atom is -0.495 e. The molecule has 0 aliphatic heterocycles. The number of H-pyrrole nitrogens is 1. The van der Waals surface area contributed by atoms with E-state index in [1.807, 2.05) is 31.2 Å². The van der Waals surface area contributed by atoms with Crippen molar-refractivity contribution >= 4 is 21.6 Å². The number of aromatic amines is 1. The molecule has 2 aromatic carbocycles. The summed E-state index contributed by atoms with van der Waals surface area (Å²) >= 11 is 5.92. The fourth-order valence-corrected chi connectivity index (χ4v) is 4.12. The van der Waals surface area contributed by atoms with Crippen molar-refractivity contribution in [3.05, 3.63) is 70.3 Å². The van der Waals surface area contributed by atoms with Crippen LogP contribution in [0.15, 0.2) is 47.4 Å². The summed E-state index contributed by atoms with van der Waals surface area (Å²) in [6.07, 6.45) is 0.991. The maximum atomic E-state index is 12.5. The normalized spacial score (nSPS) is 11.5. The van der Waals surface area contributed by atoms with Gasteiger partial charge < -0.3 is 4.74 Å². The Morgan fingerprint density at radius 2 is 1.93 bits per heavy atom. The molecule has 0 radical (unpaired) electrons. The molecule has 0 spiro atoms. The first-order chi connectivity index (χ1) is 13.4. The fraction of sp³-hybridized carbons (Fsp3) is 0.263. The van der Waals surface area contributed by atoms with E-state index in [4.69, 9.17) is 16.3 Å². The quantitative estimate of drug-likeness (QED) is 0.584. The van der Waals surface area contributed by atoms with Crippen molar-refractivity contribution in [1.82, 2.24) is 19.9 Å². The second-order valence-electron chi connectivity index (χ2n) is 6.30. The van der Waals surface area contributed by atoms with E-state index in [-0.39, 0.29) is 17.2 Å². The fourth-order valence-electron chi connectivity index (χ4n) is 2.66. The molecule has 0 unspecified atom stereocenters. The molecule has 2 N–H and O–H groups in total. The van der Waals surface area contributed by atoms with Gasteiger partial charge in [-0.05, 0) is 30.7 Å². The van der Waals surface area contributed by atoms with E-state index >= 15 is 0 Å². The highest BCUT2D eigenvalue weighted by Gasteiger charge is 2.20. The molecule has 0 amide bonds. The molecule has 0 fully saturated rings. The highest BCUT2D eigenvalue weighted by Crippen LogP contribution is 2.26. The maximum absolute atomic E-state index is 12.5. The summed E-state index contributed by atoms with van der Waals surface area (Å²) in [5.74, 6) is 1.51. The summed E-state index contributed by atoms with van der Waals surface area (Å²) < 4.78 is 32.7. The van der Waals surface area contributed by atoms with Crippen LogP contribution < -0.4 is 9.46 Å². The maximum Gasteiger partial charge on any atom is 0.244 e. The lowest BCUT2D eigenvalue weighted by Gasteiger charge is -2.10. The van der Waals surface area contributed by atoms with Crippen LogP contribution in [0.2, 0.25) is 5.02 Å². The van der Waals surface area contributed by atoms with Gasteiger partial charge in [0.15, 0.2) is 5.82 Å². The van der Waals surface area contributed by atoms with Crippen molar-refractivity contribution in [2.45, 2.75) is 24.7 Å². The first-order valence-electron chi connectivity index (χ1n) is 8.66. The van der Waals surface area contributed by atoms with Crippen molar-refractivity contribution in [2.75, 3.05) is 13.7 Å². The van der Waals surface area contributed by atoms with Crippen LogP contribution in [-0.2, 0) is 22.9 Å². The summed E-state index contributed by atoms with van der Waals surface area (Å²) in [5, 5.41) is 7.37. The molecule has 0 aliphatic carbocycles. The van der Waals surface area contributed by atoms with Gasteiger partial charge in [-0.25, -0.2) is 18.1 Å². The number of aryl methyl sites for hydroxylation is 1. The zero-order valence-corrected chi connectivity index (χ0v) is 17.1. The molecular weight excluding hydrogens is 400 g/mol. The Balaban J connectivity index is 1.60. The molecule has 7 nitrogen and oxygen atoms in total. The lowest BCUT2D eigenvalue weighted by molar-refractivity contribution is 0.402. The largest absolute Gasteiger partial charge is 0.495 e. The minimum atomic E-state index is -3.77. The highest BCUT2D eigenvalue weighted by molar-refractivity contribution is 7.89. The SMILES string of the molecule is COc1ccc(Cl)cc1S(=O)(=O)NCCc1n[nH]c(Cc2ccc(C)cc2)n1. The third-order valence-corrected chi connectivity index (χ3v) is 5.84. The number of benzene rings is 2. The molecule has 0 atom stereocenters. The Morgan fingerprint density at radius 3 is 2.64 bits per heavy atom. The predicted octanol–water partition coefficient (Wildman–Crippen LogP) is 2.89. The van der Waals surface area contributed by atoms with Gasteiger partial charge in [-0.1, -0.05) is 41.4 Å². The number of hydrogen-bond donors (Lipinski definition) is 2. The number of nitrogens with zero attached hydrogens (tertiary/aromatic N) is 2. The monoisotopic (exact) mass is 420 g/mol. The summed E-state index contributed by atoms with van der Waals surface area (Å²) in [4.78, 5) is 4.42. The Labute approximate surface area is 169 Å². The van der Waals surface area contributed by atoms with E-state index in [1.54, 1.807) is 6.07 Å². The lowest BCUT2D eigenvalue weighted by atomic mass is 10.1. The number of rotatable bonds is 8. The van der Waals surface area contributed by atoms with Gasteiger partial charge in [-0.2, -0.15) is 5.10 Å². The van der Waals surface area contributed by atoms with Crippen LogP contribution in [0.5, 0.6) is 5.75 Å². The summed E-state index contributed by atoms with van der Waals surface area (Å²) in [6, 6.07) is 12.6. The first kappa shape index (κ1) is 20.3. The van der Waals surface area contributed by atoms with Gasteiger partial charge in [0.2, 0.25) is 10.0 Å². The Morgan fingerprint density at radius 1 is 1.18 bits per heavy atom. The van der Waals surface area contributed by atoms with Gasteiger partial charge in [0, 0.05) is 24.4 Å². The molecular formula is C19H21ClN4O3S. The molecule has 0 bridgehead atoms. The number of nitrogens with one attached hydrogen (secondary N) is 2. The number of hydrogen-bond acceptors (Lipinski definition) is 5. The molecule has 3 rings (SSSR count). The molecule has 9 heteroatoms. The van der Waals surface area contributed by atoms with Crippen molar-refractivity contribution in [3.63, 3.8) is 0 Å². The standard InChI is InChI=1S/C19H21ClN4O3S/c1-13-3-5-14(6-4-13)11-19-22-18(23-24-19)9-10-21-28(25,26)17-12-15(20)7-8-16(17)27-2/h3-8,12,21H,9-11H2,1-2H3,(H,22,23,24).